The lowest BCUT2D eigenvalue weighted by Crippen LogP contribution is -2.07. The van der Waals surface area contributed by atoms with E-state index in [1.165, 1.54) is 5.57 Å². The Morgan fingerprint density at radius 3 is 2.60 bits per heavy atom. The zero-order valence-electron chi connectivity index (χ0n) is 6.56. The number of allylic oxidation sites excluding steroid dienone is 3. The molecule has 0 spiro atoms. The van der Waals surface area contributed by atoms with Crippen LogP contribution in [0.25, 0.3) is 0 Å². The monoisotopic (exact) mass is 137 g/mol. The molecule has 0 amide bonds. The second kappa shape index (κ2) is 6.30. The first-order chi connectivity index (χ1) is 4.85. The van der Waals surface area contributed by atoms with Gasteiger partial charge in [0.05, 0.1) is 0 Å². The highest BCUT2D eigenvalue weighted by Crippen LogP contribution is 2.00. The third kappa shape index (κ3) is 4.10. The Balaban J connectivity index is 3.70. The van der Waals surface area contributed by atoms with Crippen LogP contribution in [0.4, 0.5) is 0 Å². The minimum atomic E-state index is 0.992. The van der Waals surface area contributed by atoms with Crippen molar-refractivity contribution >= 4 is 0 Å². The van der Waals surface area contributed by atoms with Gasteiger partial charge in [0.15, 0.2) is 0 Å². The van der Waals surface area contributed by atoms with Gasteiger partial charge in [0.1, 0.15) is 0 Å². The lowest BCUT2D eigenvalue weighted by molar-refractivity contribution is 0.794. The van der Waals surface area contributed by atoms with Crippen LogP contribution in [-0.2, 0) is 0 Å². The molecule has 0 aromatic rings. The van der Waals surface area contributed by atoms with E-state index >= 15 is 0 Å². The molecule has 1 heteroatoms. The molecule has 0 bridgehead atoms. The van der Waals surface area contributed by atoms with Crippen molar-refractivity contribution in [3.8, 4) is 0 Å². The van der Waals surface area contributed by atoms with Crippen LogP contribution < -0.4 is 5.32 Å². The van der Waals surface area contributed by atoms with Gasteiger partial charge in [-0.15, -0.1) is 0 Å². The maximum Gasteiger partial charge on any atom is -0.00114 e. The molecule has 10 heavy (non-hydrogen) atoms. The summed E-state index contributed by atoms with van der Waals surface area (Å²) in [6, 6.07) is 0. The van der Waals surface area contributed by atoms with E-state index in [-0.39, 0.29) is 0 Å². The summed E-state index contributed by atoms with van der Waals surface area (Å²) < 4.78 is 0. The van der Waals surface area contributed by atoms with Crippen molar-refractivity contribution in [2.45, 2.75) is 6.42 Å². The van der Waals surface area contributed by atoms with E-state index in [2.05, 4.69) is 18.5 Å². The average molecular weight is 137 g/mol. The molecule has 0 aromatic heterocycles. The maximum absolute atomic E-state index is 3.69. The number of hydrogen-bond donors (Lipinski definition) is 1. The van der Waals surface area contributed by atoms with Gasteiger partial charge in [0, 0.05) is 0 Å². The smallest absolute Gasteiger partial charge is 0.00114 e. The van der Waals surface area contributed by atoms with Crippen molar-refractivity contribution < 1.29 is 0 Å². The molecule has 0 atom stereocenters. The first-order valence-electron chi connectivity index (χ1n) is 3.43. The zero-order chi connectivity index (χ0) is 7.82. The highest BCUT2D eigenvalue weighted by molar-refractivity contribution is 5.20. The standard InChI is InChI=1S/C9H15N/c1-4-6-9(5-2)7-8-10-3/h4-6,10H,1-2,7-8H2,3H3/b9-6+. The molecule has 0 aliphatic carbocycles. The highest BCUT2D eigenvalue weighted by atomic mass is 14.8. The van der Waals surface area contributed by atoms with Crippen molar-refractivity contribution in [2.24, 2.45) is 0 Å². The van der Waals surface area contributed by atoms with Gasteiger partial charge < -0.3 is 5.32 Å². The van der Waals surface area contributed by atoms with Gasteiger partial charge in [0.2, 0.25) is 0 Å². The van der Waals surface area contributed by atoms with Crippen LogP contribution in [0.5, 0.6) is 0 Å². The van der Waals surface area contributed by atoms with Crippen LogP contribution >= 0.6 is 0 Å². The number of rotatable bonds is 5. The molecular formula is C9H15N. The largest absolute Gasteiger partial charge is 0.319 e. The molecule has 0 unspecified atom stereocenters. The van der Waals surface area contributed by atoms with Gasteiger partial charge >= 0.3 is 0 Å². The summed E-state index contributed by atoms with van der Waals surface area (Å²) in [5.74, 6) is 0. The van der Waals surface area contributed by atoms with E-state index in [9.17, 15) is 0 Å². The summed E-state index contributed by atoms with van der Waals surface area (Å²) in [5.41, 5.74) is 1.23. The summed E-state index contributed by atoms with van der Waals surface area (Å²) >= 11 is 0. The Morgan fingerprint density at radius 2 is 2.20 bits per heavy atom. The molecule has 0 aromatic carbocycles. The van der Waals surface area contributed by atoms with Gasteiger partial charge in [-0.25, -0.2) is 0 Å². The Labute approximate surface area is 63.1 Å². The van der Waals surface area contributed by atoms with Crippen molar-refractivity contribution in [3.05, 3.63) is 37.0 Å². The fourth-order valence-corrected chi connectivity index (χ4v) is 0.674. The lowest BCUT2D eigenvalue weighted by Gasteiger charge is -1.98. The second-order valence-corrected chi connectivity index (χ2v) is 2.03. The molecule has 0 saturated carbocycles. The van der Waals surface area contributed by atoms with E-state index in [0.717, 1.165) is 13.0 Å². The van der Waals surface area contributed by atoms with E-state index < -0.39 is 0 Å². The minimum absolute atomic E-state index is 0.992. The van der Waals surface area contributed by atoms with E-state index in [4.69, 9.17) is 0 Å². The maximum atomic E-state index is 3.69. The van der Waals surface area contributed by atoms with Gasteiger partial charge in [-0.3, -0.25) is 0 Å². The van der Waals surface area contributed by atoms with Crippen LogP contribution in [0.2, 0.25) is 0 Å². The Morgan fingerprint density at radius 1 is 1.50 bits per heavy atom. The van der Waals surface area contributed by atoms with Gasteiger partial charge in [0.25, 0.3) is 0 Å². The van der Waals surface area contributed by atoms with E-state index in [0.29, 0.717) is 0 Å². The summed E-state index contributed by atoms with van der Waals surface area (Å²) in [6.45, 7) is 8.29. The van der Waals surface area contributed by atoms with Crippen LogP contribution in [0.3, 0.4) is 0 Å². The van der Waals surface area contributed by atoms with Crippen molar-refractivity contribution in [1.82, 2.24) is 5.32 Å². The normalized spacial score (nSPS) is 11.1. The Kier molecular flexibility index (Phi) is 5.79. The summed E-state index contributed by atoms with van der Waals surface area (Å²) in [5, 5.41) is 3.07. The molecule has 0 aliphatic heterocycles. The first-order valence-corrected chi connectivity index (χ1v) is 3.43. The van der Waals surface area contributed by atoms with Crippen LogP contribution in [0, 0.1) is 0 Å². The molecule has 0 rings (SSSR count). The summed E-state index contributed by atoms with van der Waals surface area (Å²) in [6.07, 6.45) is 6.64. The lowest BCUT2D eigenvalue weighted by atomic mass is 10.2. The quantitative estimate of drug-likeness (QED) is 0.571. The van der Waals surface area contributed by atoms with Gasteiger partial charge in [-0.2, -0.15) is 0 Å². The van der Waals surface area contributed by atoms with E-state index in [1.54, 1.807) is 6.08 Å². The van der Waals surface area contributed by atoms with E-state index in [1.807, 2.05) is 19.2 Å². The fraction of sp³-hybridized carbons (Fsp3) is 0.333. The number of hydrogen-bond acceptors (Lipinski definition) is 1. The molecular weight excluding hydrogens is 122 g/mol. The van der Waals surface area contributed by atoms with Gasteiger partial charge in [-0.1, -0.05) is 31.4 Å². The zero-order valence-corrected chi connectivity index (χ0v) is 6.56. The fourth-order valence-electron chi connectivity index (χ4n) is 0.674. The molecule has 0 fully saturated rings. The van der Waals surface area contributed by atoms with Crippen molar-refractivity contribution in [2.75, 3.05) is 13.6 Å². The predicted molar refractivity (Wildman–Crippen MR) is 47.0 cm³/mol. The van der Waals surface area contributed by atoms with Crippen LogP contribution in [0.1, 0.15) is 6.42 Å². The number of nitrogens with one attached hydrogen (secondary N) is 1. The van der Waals surface area contributed by atoms with Crippen LogP contribution in [0.15, 0.2) is 37.0 Å². The third-order valence-electron chi connectivity index (χ3n) is 1.26. The molecule has 0 aliphatic rings. The molecule has 0 saturated heterocycles. The summed E-state index contributed by atoms with van der Waals surface area (Å²) in [7, 11) is 1.94. The summed E-state index contributed by atoms with van der Waals surface area (Å²) in [4.78, 5) is 0. The molecule has 0 heterocycles. The van der Waals surface area contributed by atoms with Gasteiger partial charge in [-0.05, 0) is 25.6 Å². The predicted octanol–water partition coefficient (Wildman–Crippen LogP) is 1.89. The molecule has 0 radical (unpaired) electrons. The average Bonchev–Trinajstić information content (AvgIpc) is 1.98. The minimum Gasteiger partial charge on any atom is -0.319 e. The molecule has 1 N–H and O–H groups in total. The highest BCUT2D eigenvalue weighted by Gasteiger charge is 1.86. The van der Waals surface area contributed by atoms with Crippen LogP contribution in [-0.4, -0.2) is 13.6 Å². The second-order valence-electron chi connectivity index (χ2n) is 2.03. The van der Waals surface area contributed by atoms with Crippen molar-refractivity contribution in [1.29, 1.82) is 0 Å². The third-order valence-corrected chi connectivity index (χ3v) is 1.26. The first kappa shape index (κ1) is 9.18. The molecule has 56 valence electrons. The Bertz CT molecular complexity index is 134. The SMILES string of the molecule is C=C/C=C(\C=C)CCNC. The Hall–Kier alpha value is -0.820. The topological polar surface area (TPSA) is 12.0 Å². The molecule has 1 nitrogen and oxygen atoms in total. The van der Waals surface area contributed by atoms with Crippen molar-refractivity contribution in [3.63, 3.8) is 0 Å².